The summed E-state index contributed by atoms with van der Waals surface area (Å²) in [5, 5.41) is 3.85. The van der Waals surface area contributed by atoms with Gasteiger partial charge in [0.2, 0.25) is 0 Å². The lowest BCUT2D eigenvalue weighted by atomic mass is 9.79. The number of nitrogens with zero attached hydrogens (tertiary/aromatic N) is 2. The molecule has 1 aromatic carbocycles. The van der Waals surface area contributed by atoms with Crippen LogP contribution in [0.2, 0.25) is 0 Å². The number of aryl methyl sites for hydroxylation is 1. The number of Topliss-reactive ketones (excluding diaryl/α,β-unsaturated/α-hetero) is 1. The molecule has 1 fully saturated rings. The van der Waals surface area contributed by atoms with Crippen LogP contribution < -0.4 is 10.1 Å². The number of piperidine rings is 1. The largest absolute Gasteiger partial charge is 0.496 e. The van der Waals surface area contributed by atoms with E-state index in [1.54, 1.807) is 14.0 Å². The van der Waals surface area contributed by atoms with Crippen molar-refractivity contribution in [2.24, 2.45) is 0 Å². The zero-order valence-electron chi connectivity index (χ0n) is 18.5. The summed E-state index contributed by atoms with van der Waals surface area (Å²) in [5.74, 6) is 0.946. The predicted molar refractivity (Wildman–Crippen MR) is 116 cm³/mol. The molecule has 1 saturated heterocycles. The zero-order valence-corrected chi connectivity index (χ0v) is 18.5. The number of hydrogen-bond donors (Lipinski definition) is 1. The van der Waals surface area contributed by atoms with E-state index in [1.807, 2.05) is 36.1 Å². The van der Waals surface area contributed by atoms with Gasteiger partial charge in [-0.15, -0.1) is 0 Å². The molecule has 0 aliphatic carbocycles. The maximum atomic E-state index is 13.1. The van der Waals surface area contributed by atoms with Crippen molar-refractivity contribution in [3.05, 3.63) is 52.8 Å². The van der Waals surface area contributed by atoms with Crippen molar-refractivity contribution < 1.29 is 14.3 Å². The normalized spacial score (nSPS) is 19.4. The van der Waals surface area contributed by atoms with Crippen molar-refractivity contribution in [2.45, 2.75) is 58.2 Å². The minimum absolute atomic E-state index is 0.0606. The van der Waals surface area contributed by atoms with Crippen LogP contribution in [0.1, 0.15) is 65.7 Å². The van der Waals surface area contributed by atoms with E-state index in [-0.39, 0.29) is 22.8 Å². The molecule has 6 heteroatoms. The number of nitrogens with one attached hydrogen (secondary N) is 1. The van der Waals surface area contributed by atoms with E-state index in [1.165, 1.54) is 5.69 Å². The van der Waals surface area contributed by atoms with Crippen molar-refractivity contribution in [1.82, 2.24) is 14.8 Å². The van der Waals surface area contributed by atoms with E-state index in [4.69, 9.17) is 4.74 Å². The molecule has 0 atom stereocenters. The lowest BCUT2D eigenvalue weighted by Gasteiger charge is -2.51. The van der Waals surface area contributed by atoms with Gasteiger partial charge in [0.1, 0.15) is 5.75 Å². The lowest BCUT2D eigenvalue weighted by Crippen LogP contribution is -2.63. The monoisotopic (exact) mass is 409 g/mol. The lowest BCUT2D eigenvalue weighted by molar-refractivity contribution is 0.0519. The molecule has 1 N–H and O–H groups in total. The third kappa shape index (κ3) is 3.43. The summed E-state index contributed by atoms with van der Waals surface area (Å²) in [5.41, 5.74) is 3.24. The molecule has 1 spiro atoms. The standard InChI is InChI=1S/C24H31N3O3/c1-16-14-18(6-8-20(16)30-5)22(29)26-12-10-24(11-13-26)21-9-7-19(17(2)28)27(21)15-23(3,4)25-24/h6-9,14,25H,10-13,15H2,1-5H3. The number of carbonyl (C=O) groups excluding carboxylic acids is 2. The van der Waals surface area contributed by atoms with E-state index in [2.05, 4.69) is 29.8 Å². The van der Waals surface area contributed by atoms with Crippen LogP contribution in [0.4, 0.5) is 0 Å². The average Bonchev–Trinajstić information content (AvgIpc) is 3.11. The van der Waals surface area contributed by atoms with E-state index >= 15 is 0 Å². The quantitative estimate of drug-likeness (QED) is 0.788. The predicted octanol–water partition coefficient (Wildman–Crippen LogP) is 3.52. The van der Waals surface area contributed by atoms with Crippen LogP contribution in [0.25, 0.3) is 0 Å². The van der Waals surface area contributed by atoms with Crippen LogP contribution in [0.5, 0.6) is 5.75 Å². The highest BCUT2D eigenvalue weighted by atomic mass is 16.5. The van der Waals surface area contributed by atoms with Gasteiger partial charge in [0.25, 0.3) is 5.91 Å². The average molecular weight is 410 g/mol. The second-order valence-corrected chi connectivity index (χ2v) is 9.31. The summed E-state index contributed by atoms with van der Waals surface area (Å²) in [6.45, 7) is 10.1. The van der Waals surface area contributed by atoms with Gasteiger partial charge in [-0.05, 0) is 69.5 Å². The molecule has 3 heterocycles. The van der Waals surface area contributed by atoms with Crippen LogP contribution in [0.15, 0.2) is 30.3 Å². The minimum Gasteiger partial charge on any atom is -0.496 e. The SMILES string of the molecule is COc1ccc(C(=O)N2CCC3(CC2)NC(C)(C)Cn2c(C(C)=O)ccc23)cc1C. The van der Waals surface area contributed by atoms with E-state index in [9.17, 15) is 9.59 Å². The number of hydrogen-bond acceptors (Lipinski definition) is 4. The number of rotatable bonds is 3. The highest BCUT2D eigenvalue weighted by Crippen LogP contribution is 2.40. The first-order chi connectivity index (χ1) is 14.2. The number of ether oxygens (including phenoxy) is 1. The molecule has 0 bridgehead atoms. The van der Waals surface area contributed by atoms with Gasteiger partial charge in [0.15, 0.2) is 5.78 Å². The van der Waals surface area contributed by atoms with Gasteiger partial charge in [0, 0.05) is 43.4 Å². The van der Waals surface area contributed by atoms with Gasteiger partial charge < -0.3 is 14.2 Å². The second kappa shape index (κ2) is 7.27. The Morgan fingerprint density at radius 3 is 2.40 bits per heavy atom. The third-order valence-corrected chi connectivity index (χ3v) is 6.51. The number of likely N-dealkylation sites (tertiary alicyclic amines) is 1. The fourth-order valence-electron chi connectivity index (χ4n) is 5.18. The number of carbonyl (C=O) groups is 2. The maximum Gasteiger partial charge on any atom is 0.253 e. The minimum atomic E-state index is -0.220. The van der Waals surface area contributed by atoms with Crippen molar-refractivity contribution in [1.29, 1.82) is 0 Å². The first kappa shape index (κ1) is 20.7. The van der Waals surface area contributed by atoms with Gasteiger partial charge in [-0.2, -0.15) is 0 Å². The maximum absolute atomic E-state index is 13.1. The molecule has 2 aliphatic rings. The molecule has 2 aliphatic heterocycles. The molecule has 160 valence electrons. The Bertz CT molecular complexity index is 997. The number of methoxy groups -OCH3 is 1. The van der Waals surface area contributed by atoms with Crippen molar-refractivity contribution >= 4 is 11.7 Å². The molecule has 2 aromatic rings. The van der Waals surface area contributed by atoms with Gasteiger partial charge >= 0.3 is 0 Å². The zero-order chi connectivity index (χ0) is 21.7. The Morgan fingerprint density at radius 1 is 1.10 bits per heavy atom. The summed E-state index contributed by atoms with van der Waals surface area (Å²) in [6, 6.07) is 9.63. The van der Waals surface area contributed by atoms with Crippen LogP contribution in [-0.2, 0) is 12.1 Å². The number of amides is 1. The molecule has 0 saturated carbocycles. The van der Waals surface area contributed by atoms with Gasteiger partial charge in [-0.25, -0.2) is 0 Å². The van der Waals surface area contributed by atoms with Crippen molar-refractivity contribution in [3.8, 4) is 5.75 Å². The van der Waals surface area contributed by atoms with E-state index in [0.29, 0.717) is 18.7 Å². The number of aromatic nitrogens is 1. The fraction of sp³-hybridized carbons (Fsp3) is 0.500. The van der Waals surface area contributed by atoms with Crippen LogP contribution >= 0.6 is 0 Å². The first-order valence-electron chi connectivity index (χ1n) is 10.6. The Balaban J connectivity index is 1.57. The van der Waals surface area contributed by atoms with Gasteiger partial charge in [-0.3, -0.25) is 14.9 Å². The Morgan fingerprint density at radius 2 is 1.80 bits per heavy atom. The second-order valence-electron chi connectivity index (χ2n) is 9.31. The number of ketones is 1. The molecule has 30 heavy (non-hydrogen) atoms. The summed E-state index contributed by atoms with van der Waals surface area (Å²) in [4.78, 5) is 27.2. The summed E-state index contributed by atoms with van der Waals surface area (Å²) >= 11 is 0. The molecular weight excluding hydrogens is 378 g/mol. The van der Waals surface area contributed by atoms with Gasteiger partial charge in [0.05, 0.1) is 18.3 Å². The fourth-order valence-corrected chi connectivity index (χ4v) is 5.18. The first-order valence-corrected chi connectivity index (χ1v) is 10.6. The number of benzene rings is 1. The Hall–Kier alpha value is -2.60. The summed E-state index contributed by atoms with van der Waals surface area (Å²) in [6.07, 6.45) is 1.64. The molecule has 6 nitrogen and oxygen atoms in total. The highest BCUT2D eigenvalue weighted by Gasteiger charge is 2.46. The summed E-state index contributed by atoms with van der Waals surface area (Å²) in [7, 11) is 1.64. The summed E-state index contributed by atoms with van der Waals surface area (Å²) < 4.78 is 7.50. The van der Waals surface area contributed by atoms with E-state index in [0.717, 1.165) is 36.4 Å². The van der Waals surface area contributed by atoms with Crippen LogP contribution in [-0.4, -0.2) is 46.9 Å². The van der Waals surface area contributed by atoms with Crippen molar-refractivity contribution in [3.63, 3.8) is 0 Å². The molecule has 4 rings (SSSR count). The topological polar surface area (TPSA) is 63.6 Å². The Kier molecular flexibility index (Phi) is 5.01. The third-order valence-electron chi connectivity index (χ3n) is 6.51. The molecule has 1 aromatic heterocycles. The highest BCUT2D eigenvalue weighted by molar-refractivity contribution is 5.95. The van der Waals surface area contributed by atoms with Crippen LogP contribution in [0.3, 0.4) is 0 Å². The van der Waals surface area contributed by atoms with Crippen LogP contribution in [0, 0.1) is 6.92 Å². The molecule has 0 radical (unpaired) electrons. The Labute approximate surface area is 178 Å². The smallest absolute Gasteiger partial charge is 0.253 e. The van der Waals surface area contributed by atoms with Gasteiger partial charge in [-0.1, -0.05) is 0 Å². The molecule has 0 unspecified atom stereocenters. The van der Waals surface area contributed by atoms with Crippen molar-refractivity contribution in [2.75, 3.05) is 20.2 Å². The van der Waals surface area contributed by atoms with E-state index < -0.39 is 0 Å². The molecule has 1 amide bonds. The molecular formula is C24H31N3O3. The number of fused-ring (bicyclic) bond motifs is 2.